The van der Waals surface area contributed by atoms with E-state index < -0.39 is 0 Å². The van der Waals surface area contributed by atoms with Crippen LogP contribution in [-0.4, -0.2) is 31.2 Å². The first-order valence-corrected chi connectivity index (χ1v) is 5.71. The van der Waals surface area contributed by atoms with Gasteiger partial charge in [0.05, 0.1) is 7.11 Å². The largest absolute Gasteiger partial charge is 0.481 e. The van der Waals surface area contributed by atoms with Gasteiger partial charge in [-0.25, -0.2) is 4.98 Å². The zero-order valence-corrected chi connectivity index (χ0v) is 9.89. The second kappa shape index (κ2) is 4.70. The summed E-state index contributed by atoms with van der Waals surface area (Å²) in [6.07, 6.45) is 2.83. The van der Waals surface area contributed by atoms with E-state index in [-0.39, 0.29) is 0 Å². The van der Waals surface area contributed by atoms with E-state index in [0.29, 0.717) is 17.8 Å². The van der Waals surface area contributed by atoms with Crippen LogP contribution < -0.4 is 15.4 Å². The molecule has 1 aliphatic heterocycles. The van der Waals surface area contributed by atoms with Gasteiger partial charge in [-0.2, -0.15) is 0 Å². The first-order valence-electron chi connectivity index (χ1n) is 5.71. The van der Waals surface area contributed by atoms with Crippen molar-refractivity contribution in [1.82, 2.24) is 4.98 Å². The Kier molecular flexibility index (Phi) is 3.29. The molecular weight excluding hydrogens is 202 g/mol. The average molecular weight is 221 g/mol. The standard InChI is InChI=1S/C12H19N3O/c1-9-8-15(6-4-11(9)13)10-3-5-14-12(7-10)16-2/h3,5,7,9,11H,4,6,8,13H2,1-2H3. The molecule has 4 nitrogen and oxygen atoms in total. The van der Waals surface area contributed by atoms with Crippen LogP contribution in [0.5, 0.6) is 5.88 Å². The molecule has 0 aliphatic carbocycles. The second-order valence-electron chi connectivity index (χ2n) is 4.43. The molecule has 0 amide bonds. The van der Waals surface area contributed by atoms with E-state index in [1.54, 1.807) is 13.3 Å². The number of piperidine rings is 1. The molecule has 0 saturated carbocycles. The van der Waals surface area contributed by atoms with Gasteiger partial charge in [-0.15, -0.1) is 0 Å². The zero-order chi connectivity index (χ0) is 11.5. The maximum Gasteiger partial charge on any atom is 0.214 e. The fourth-order valence-electron chi connectivity index (χ4n) is 2.11. The molecule has 16 heavy (non-hydrogen) atoms. The minimum absolute atomic E-state index is 0.333. The Hall–Kier alpha value is -1.29. The molecule has 1 aromatic rings. The van der Waals surface area contributed by atoms with E-state index in [2.05, 4.69) is 16.8 Å². The van der Waals surface area contributed by atoms with Gasteiger partial charge in [0.25, 0.3) is 0 Å². The Balaban J connectivity index is 2.12. The molecule has 88 valence electrons. The van der Waals surface area contributed by atoms with Gasteiger partial charge in [0, 0.05) is 37.1 Å². The molecule has 2 heterocycles. The number of anilines is 1. The Morgan fingerprint density at radius 2 is 2.38 bits per heavy atom. The lowest BCUT2D eigenvalue weighted by atomic mass is 9.94. The van der Waals surface area contributed by atoms with Crippen molar-refractivity contribution < 1.29 is 4.74 Å². The lowest BCUT2D eigenvalue weighted by Gasteiger charge is -2.36. The summed E-state index contributed by atoms with van der Waals surface area (Å²) in [5, 5.41) is 0. The summed E-state index contributed by atoms with van der Waals surface area (Å²) in [5.41, 5.74) is 7.18. The molecule has 1 aromatic heterocycles. The number of rotatable bonds is 2. The fraction of sp³-hybridized carbons (Fsp3) is 0.583. The first kappa shape index (κ1) is 11.2. The Bertz CT molecular complexity index is 356. The smallest absolute Gasteiger partial charge is 0.214 e. The molecule has 1 aliphatic rings. The van der Waals surface area contributed by atoms with E-state index in [1.807, 2.05) is 12.1 Å². The van der Waals surface area contributed by atoms with Gasteiger partial charge in [-0.1, -0.05) is 6.92 Å². The number of aromatic nitrogens is 1. The van der Waals surface area contributed by atoms with Crippen LogP contribution in [0, 0.1) is 5.92 Å². The normalized spacial score (nSPS) is 25.6. The Morgan fingerprint density at radius 1 is 1.56 bits per heavy atom. The number of ether oxygens (including phenoxy) is 1. The van der Waals surface area contributed by atoms with Crippen molar-refractivity contribution in [2.24, 2.45) is 11.7 Å². The maximum atomic E-state index is 6.01. The third-order valence-electron chi connectivity index (χ3n) is 3.26. The predicted octanol–water partition coefficient (Wildman–Crippen LogP) is 1.26. The van der Waals surface area contributed by atoms with Crippen LogP contribution in [0.2, 0.25) is 0 Å². The van der Waals surface area contributed by atoms with Gasteiger partial charge in [0.2, 0.25) is 5.88 Å². The van der Waals surface area contributed by atoms with E-state index in [1.165, 1.54) is 5.69 Å². The van der Waals surface area contributed by atoms with Gasteiger partial charge in [0.1, 0.15) is 0 Å². The van der Waals surface area contributed by atoms with Crippen molar-refractivity contribution in [3.05, 3.63) is 18.3 Å². The number of pyridine rings is 1. The number of hydrogen-bond acceptors (Lipinski definition) is 4. The molecule has 2 unspecified atom stereocenters. The summed E-state index contributed by atoms with van der Waals surface area (Å²) in [6.45, 7) is 4.22. The van der Waals surface area contributed by atoms with Crippen molar-refractivity contribution in [3.63, 3.8) is 0 Å². The third kappa shape index (κ3) is 2.27. The second-order valence-corrected chi connectivity index (χ2v) is 4.43. The molecule has 0 radical (unpaired) electrons. The average Bonchev–Trinajstić information content (AvgIpc) is 2.33. The molecule has 2 N–H and O–H groups in total. The van der Waals surface area contributed by atoms with Gasteiger partial charge >= 0.3 is 0 Å². The molecule has 1 saturated heterocycles. The van der Waals surface area contributed by atoms with E-state index in [9.17, 15) is 0 Å². The molecule has 0 bridgehead atoms. The summed E-state index contributed by atoms with van der Waals surface area (Å²) < 4.78 is 5.13. The number of hydrogen-bond donors (Lipinski definition) is 1. The van der Waals surface area contributed by atoms with Gasteiger partial charge in [0.15, 0.2) is 0 Å². The van der Waals surface area contributed by atoms with Crippen LogP contribution in [-0.2, 0) is 0 Å². The molecule has 0 aromatic carbocycles. The van der Waals surface area contributed by atoms with Crippen LogP contribution >= 0.6 is 0 Å². The van der Waals surface area contributed by atoms with Crippen molar-refractivity contribution in [1.29, 1.82) is 0 Å². The van der Waals surface area contributed by atoms with Crippen LogP contribution in [0.1, 0.15) is 13.3 Å². The van der Waals surface area contributed by atoms with E-state index in [0.717, 1.165) is 19.5 Å². The fourth-order valence-corrected chi connectivity index (χ4v) is 2.11. The van der Waals surface area contributed by atoms with Crippen molar-refractivity contribution in [2.45, 2.75) is 19.4 Å². The summed E-state index contributed by atoms with van der Waals surface area (Å²) in [6, 6.07) is 4.33. The van der Waals surface area contributed by atoms with Gasteiger partial charge < -0.3 is 15.4 Å². The highest BCUT2D eigenvalue weighted by Crippen LogP contribution is 2.24. The van der Waals surface area contributed by atoms with Crippen LogP contribution in [0.15, 0.2) is 18.3 Å². The van der Waals surface area contributed by atoms with Crippen LogP contribution in [0.4, 0.5) is 5.69 Å². The van der Waals surface area contributed by atoms with Crippen molar-refractivity contribution in [2.75, 3.05) is 25.1 Å². The molecule has 2 atom stereocenters. The summed E-state index contributed by atoms with van der Waals surface area (Å²) in [7, 11) is 1.64. The van der Waals surface area contributed by atoms with E-state index in [4.69, 9.17) is 10.5 Å². The molecular formula is C12H19N3O. The van der Waals surface area contributed by atoms with Gasteiger partial charge in [-0.3, -0.25) is 0 Å². The number of nitrogens with two attached hydrogens (primary N) is 1. The van der Waals surface area contributed by atoms with Crippen LogP contribution in [0.25, 0.3) is 0 Å². The van der Waals surface area contributed by atoms with Crippen molar-refractivity contribution >= 4 is 5.69 Å². The maximum absolute atomic E-state index is 6.01. The first-order chi connectivity index (χ1) is 7.70. The highest BCUT2D eigenvalue weighted by atomic mass is 16.5. The third-order valence-corrected chi connectivity index (χ3v) is 3.26. The summed E-state index contributed by atoms with van der Waals surface area (Å²) in [4.78, 5) is 6.46. The Labute approximate surface area is 96.4 Å². The predicted molar refractivity (Wildman–Crippen MR) is 64.8 cm³/mol. The monoisotopic (exact) mass is 221 g/mol. The summed E-state index contributed by atoms with van der Waals surface area (Å²) >= 11 is 0. The lowest BCUT2D eigenvalue weighted by Crippen LogP contribution is -2.45. The Morgan fingerprint density at radius 3 is 3.06 bits per heavy atom. The minimum Gasteiger partial charge on any atom is -0.481 e. The lowest BCUT2D eigenvalue weighted by molar-refractivity contribution is 0.380. The van der Waals surface area contributed by atoms with E-state index >= 15 is 0 Å². The molecule has 0 spiro atoms. The topological polar surface area (TPSA) is 51.4 Å². The molecule has 4 heteroatoms. The highest BCUT2D eigenvalue weighted by Gasteiger charge is 2.23. The zero-order valence-electron chi connectivity index (χ0n) is 9.89. The SMILES string of the molecule is COc1cc(N2CCC(N)C(C)C2)ccn1. The quantitative estimate of drug-likeness (QED) is 0.817. The molecule has 2 rings (SSSR count). The number of methoxy groups -OCH3 is 1. The van der Waals surface area contributed by atoms with Crippen LogP contribution in [0.3, 0.4) is 0 Å². The highest BCUT2D eigenvalue weighted by molar-refractivity contribution is 5.48. The number of nitrogens with zero attached hydrogens (tertiary/aromatic N) is 2. The molecule has 1 fully saturated rings. The van der Waals surface area contributed by atoms with Gasteiger partial charge in [-0.05, 0) is 18.4 Å². The minimum atomic E-state index is 0.333. The van der Waals surface area contributed by atoms with Crippen molar-refractivity contribution in [3.8, 4) is 5.88 Å². The summed E-state index contributed by atoms with van der Waals surface area (Å²) in [5.74, 6) is 1.20.